The van der Waals surface area contributed by atoms with Crippen molar-refractivity contribution in [2.75, 3.05) is 13.1 Å². The summed E-state index contributed by atoms with van der Waals surface area (Å²) >= 11 is 6.11. The molecule has 0 saturated carbocycles. The van der Waals surface area contributed by atoms with Gasteiger partial charge in [-0.3, -0.25) is 0 Å². The quantitative estimate of drug-likeness (QED) is 0.540. The minimum atomic E-state index is 0.293. The fourth-order valence-corrected chi connectivity index (χ4v) is 2.06. The second-order valence-electron chi connectivity index (χ2n) is 4.18. The molecule has 1 rings (SSSR count). The third-order valence-corrected chi connectivity index (χ3v) is 3.00. The van der Waals surface area contributed by atoms with Crippen LogP contribution in [-0.2, 0) is 6.42 Å². The largest absolute Gasteiger partial charge is 0.315 e. The van der Waals surface area contributed by atoms with Gasteiger partial charge in [-0.1, -0.05) is 43.7 Å². The number of hydrogen-bond acceptors (Lipinski definition) is 1. The maximum absolute atomic E-state index is 6.11. The molecule has 0 heterocycles. The first-order chi connectivity index (χ1) is 7.83. The van der Waals surface area contributed by atoms with Gasteiger partial charge in [0.1, 0.15) is 0 Å². The van der Waals surface area contributed by atoms with Crippen molar-refractivity contribution in [3.05, 3.63) is 35.9 Å². The highest BCUT2D eigenvalue weighted by molar-refractivity contribution is 6.20. The Balaban J connectivity index is 2.00. The Labute approximate surface area is 104 Å². The van der Waals surface area contributed by atoms with Crippen LogP contribution in [0.4, 0.5) is 0 Å². The van der Waals surface area contributed by atoms with E-state index in [1.54, 1.807) is 0 Å². The van der Waals surface area contributed by atoms with Gasteiger partial charge in [-0.05, 0) is 31.4 Å². The van der Waals surface area contributed by atoms with Crippen molar-refractivity contribution < 1.29 is 0 Å². The summed E-state index contributed by atoms with van der Waals surface area (Å²) in [6.07, 6.45) is 4.60. The number of benzene rings is 1. The van der Waals surface area contributed by atoms with Gasteiger partial charge in [-0.25, -0.2) is 0 Å². The number of aryl methyl sites for hydroxylation is 1. The van der Waals surface area contributed by atoms with Crippen LogP contribution in [0.2, 0.25) is 0 Å². The Kier molecular flexibility index (Phi) is 7.28. The van der Waals surface area contributed by atoms with Gasteiger partial charge in [-0.15, -0.1) is 11.6 Å². The maximum atomic E-state index is 6.11. The smallest absolute Gasteiger partial charge is 0.0460 e. The molecule has 0 aliphatic rings. The first kappa shape index (κ1) is 13.5. The third-order valence-electron chi connectivity index (χ3n) is 2.63. The topological polar surface area (TPSA) is 12.0 Å². The molecule has 1 atom stereocenters. The van der Waals surface area contributed by atoms with Crippen molar-refractivity contribution in [3.63, 3.8) is 0 Å². The predicted molar refractivity (Wildman–Crippen MR) is 72.2 cm³/mol. The van der Waals surface area contributed by atoms with Crippen LogP contribution in [0.15, 0.2) is 30.3 Å². The fourth-order valence-electron chi connectivity index (χ4n) is 1.74. The Morgan fingerprint density at radius 1 is 1.25 bits per heavy atom. The zero-order valence-electron chi connectivity index (χ0n) is 10.1. The molecule has 90 valence electrons. The molecule has 0 fully saturated rings. The number of nitrogens with one attached hydrogen (secondary N) is 1. The van der Waals surface area contributed by atoms with Crippen molar-refractivity contribution in [1.82, 2.24) is 5.32 Å². The molecule has 1 N–H and O–H groups in total. The van der Waals surface area contributed by atoms with Crippen molar-refractivity contribution in [1.29, 1.82) is 0 Å². The summed E-state index contributed by atoms with van der Waals surface area (Å²) in [4.78, 5) is 0. The van der Waals surface area contributed by atoms with Gasteiger partial charge in [0.05, 0.1) is 0 Å². The Morgan fingerprint density at radius 3 is 2.69 bits per heavy atom. The molecule has 0 aromatic heterocycles. The lowest BCUT2D eigenvalue weighted by atomic mass is 10.1. The summed E-state index contributed by atoms with van der Waals surface area (Å²) < 4.78 is 0. The average Bonchev–Trinajstić information content (AvgIpc) is 2.30. The molecule has 0 aliphatic heterocycles. The van der Waals surface area contributed by atoms with E-state index in [1.165, 1.54) is 18.4 Å². The molecule has 16 heavy (non-hydrogen) atoms. The standard InChI is InChI=1S/C14H22ClN/c1-2-7-14(15)12-16-11-6-10-13-8-4-3-5-9-13/h3-5,8-9,14,16H,2,6-7,10-12H2,1H3. The summed E-state index contributed by atoms with van der Waals surface area (Å²) in [5.74, 6) is 0. The molecule has 0 radical (unpaired) electrons. The lowest BCUT2D eigenvalue weighted by Gasteiger charge is -2.09. The van der Waals surface area contributed by atoms with Crippen LogP contribution >= 0.6 is 11.6 Å². The molecule has 1 aromatic rings. The number of hydrogen-bond donors (Lipinski definition) is 1. The maximum Gasteiger partial charge on any atom is 0.0460 e. The highest BCUT2D eigenvalue weighted by atomic mass is 35.5. The molecule has 0 saturated heterocycles. The van der Waals surface area contributed by atoms with E-state index in [-0.39, 0.29) is 0 Å². The summed E-state index contributed by atoms with van der Waals surface area (Å²) in [5.41, 5.74) is 1.42. The van der Waals surface area contributed by atoms with Gasteiger partial charge in [0.15, 0.2) is 0 Å². The molecular formula is C14H22ClN. The average molecular weight is 240 g/mol. The normalized spacial score (nSPS) is 12.6. The molecule has 1 nitrogen and oxygen atoms in total. The third kappa shape index (κ3) is 6.14. The minimum absolute atomic E-state index is 0.293. The zero-order chi connectivity index (χ0) is 11.6. The van der Waals surface area contributed by atoms with Gasteiger partial charge < -0.3 is 5.32 Å². The van der Waals surface area contributed by atoms with Gasteiger partial charge in [0.2, 0.25) is 0 Å². The van der Waals surface area contributed by atoms with Crippen molar-refractivity contribution in [3.8, 4) is 0 Å². The van der Waals surface area contributed by atoms with E-state index >= 15 is 0 Å². The monoisotopic (exact) mass is 239 g/mol. The summed E-state index contributed by atoms with van der Waals surface area (Å²) in [6.45, 7) is 4.16. The van der Waals surface area contributed by atoms with Crippen LogP contribution in [0.5, 0.6) is 0 Å². The van der Waals surface area contributed by atoms with Crippen molar-refractivity contribution in [2.24, 2.45) is 0 Å². The van der Waals surface area contributed by atoms with Crippen LogP contribution in [0.25, 0.3) is 0 Å². The van der Waals surface area contributed by atoms with Crippen LogP contribution in [-0.4, -0.2) is 18.5 Å². The highest BCUT2D eigenvalue weighted by Gasteiger charge is 2.01. The van der Waals surface area contributed by atoms with E-state index < -0.39 is 0 Å². The fraction of sp³-hybridized carbons (Fsp3) is 0.571. The lowest BCUT2D eigenvalue weighted by Crippen LogP contribution is -2.24. The van der Waals surface area contributed by atoms with E-state index in [0.717, 1.165) is 25.9 Å². The molecule has 0 spiro atoms. The first-order valence-corrected chi connectivity index (χ1v) is 6.65. The molecule has 1 aromatic carbocycles. The van der Waals surface area contributed by atoms with Gasteiger partial charge in [0, 0.05) is 11.9 Å². The van der Waals surface area contributed by atoms with Crippen LogP contribution in [0.1, 0.15) is 31.7 Å². The van der Waals surface area contributed by atoms with E-state index in [0.29, 0.717) is 5.38 Å². The van der Waals surface area contributed by atoms with Crippen LogP contribution in [0.3, 0.4) is 0 Å². The number of halogens is 1. The molecular weight excluding hydrogens is 218 g/mol. The van der Waals surface area contributed by atoms with E-state index in [4.69, 9.17) is 11.6 Å². The van der Waals surface area contributed by atoms with Crippen molar-refractivity contribution in [2.45, 2.75) is 38.0 Å². The Bertz CT molecular complexity index is 261. The SMILES string of the molecule is CCCC(Cl)CNCCCc1ccccc1. The lowest BCUT2D eigenvalue weighted by molar-refractivity contribution is 0.604. The molecule has 0 bridgehead atoms. The zero-order valence-corrected chi connectivity index (χ0v) is 10.8. The predicted octanol–water partition coefficient (Wildman–Crippen LogP) is 3.62. The molecule has 2 heteroatoms. The minimum Gasteiger partial charge on any atom is -0.315 e. The second-order valence-corrected chi connectivity index (χ2v) is 4.80. The van der Waals surface area contributed by atoms with E-state index in [2.05, 4.69) is 42.6 Å². The van der Waals surface area contributed by atoms with E-state index in [1.807, 2.05) is 0 Å². The molecule has 0 amide bonds. The Hall–Kier alpha value is -0.530. The highest BCUT2D eigenvalue weighted by Crippen LogP contribution is 2.04. The first-order valence-electron chi connectivity index (χ1n) is 6.21. The summed E-state index contributed by atoms with van der Waals surface area (Å²) in [5, 5.41) is 3.70. The van der Waals surface area contributed by atoms with Crippen molar-refractivity contribution >= 4 is 11.6 Å². The molecule has 0 aliphatic carbocycles. The second kappa shape index (κ2) is 8.60. The molecule has 1 unspecified atom stereocenters. The van der Waals surface area contributed by atoms with Gasteiger partial charge in [-0.2, -0.15) is 0 Å². The Morgan fingerprint density at radius 2 is 2.00 bits per heavy atom. The van der Waals surface area contributed by atoms with E-state index in [9.17, 15) is 0 Å². The van der Waals surface area contributed by atoms with Crippen LogP contribution in [0, 0.1) is 0 Å². The van der Waals surface area contributed by atoms with Gasteiger partial charge >= 0.3 is 0 Å². The summed E-state index contributed by atoms with van der Waals surface area (Å²) in [6, 6.07) is 10.6. The van der Waals surface area contributed by atoms with Crippen LogP contribution < -0.4 is 5.32 Å². The number of alkyl halides is 1. The van der Waals surface area contributed by atoms with Gasteiger partial charge in [0.25, 0.3) is 0 Å². The summed E-state index contributed by atoms with van der Waals surface area (Å²) in [7, 11) is 0. The number of rotatable bonds is 8.